The summed E-state index contributed by atoms with van der Waals surface area (Å²) in [5, 5.41) is 0. The van der Waals surface area contributed by atoms with Crippen molar-refractivity contribution in [2.45, 2.75) is 19.8 Å². The lowest BCUT2D eigenvalue weighted by Gasteiger charge is -2.32. The number of anilines is 1. The third-order valence-electron chi connectivity index (χ3n) is 3.75. The molecule has 1 aromatic heterocycles. The van der Waals surface area contributed by atoms with Gasteiger partial charge in [-0.15, -0.1) is 0 Å². The summed E-state index contributed by atoms with van der Waals surface area (Å²) in [5.41, 5.74) is 6.94. The highest BCUT2D eigenvalue weighted by molar-refractivity contribution is 5.90. The van der Waals surface area contributed by atoms with E-state index in [1.165, 1.54) is 7.11 Å². The van der Waals surface area contributed by atoms with Gasteiger partial charge in [0.1, 0.15) is 5.82 Å². The van der Waals surface area contributed by atoms with E-state index in [0.29, 0.717) is 17.2 Å². The molecule has 2 heterocycles. The molecule has 1 fully saturated rings. The molecule has 0 aliphatic carbocycles. The Morgan fingerprint density at radius 2 is 2.16 bits per heavy atom. The number of pyridine rings is 1. The number of rotatable bonds is 3. The molecule has 1 aliphatic rings. The molecule has 5 nitrogen and oxygen atoms in total. The monoisotopic (exact) mass is 263 g/mol. The molecular formula is C14H21N3O2. The van der Waals surface area contributed by atoms with E-state index in [4.69, 9.17) is 10.5 Å². The zero-order valence-corrected chi connectivity index (χ0v) is 11.6. The van der Waals surface area contributed by atoms with Crippen molar-refractivity contribution in [1.29, 1.82) is 0 Å². The summed E-state index contributed by atoms with van der Waals surface area (Å²) < 4.78 is 4.72. The molecule has 0 atom stereocenters. The Balaban J connectivity index is 2.10. The average Bonchev–Trinajstić information content (AvgIpc) is 2.46. The first-order valence-electron chi connectivity index (χ1n) is 6.66. The van der Waals surface area contributed by atoms with Crippen LogP contribution in [0.15, 0.2) is 12.1 Å². The molecule has 2 rings (SSSR count). The zero-order chi connectivity index (χ0) is 13.8. The number of piperidine rings is 1. The van der Waals surface area contributed by atoms with Crippen LogP contribution in [0.5, 0.6) is 0 Å². The number of nitrogens with zero attached hydrogens (tertiary/aromatic N) is 2. The molecule has 0 bridgehead atoms. The summed E-state index contributed by atoms with van der Waals surface area (Å²) in [4.78, 5) is 18.3. The Labute approximate surface area is 113 Å². The van der Waals surface area contributed by atoms with E-state index in [1.54, 1.807) is 6.07 Å². The van der Waals surface area contributed by atoms with E-state index in [9.17, 15) is 4.79 Å². The van der Waals surface area contributed by atoms with Gasteiger partial charge in [-0.3, -0.25) is 0 Å². The molecule has 104 valence electrons. The van der Waals surface area contributed by atoms with Crippen molar-refractivity contribution in [2.24, 2.45) is 11.7 Å². The fourth-order valence-corrected chi connectivity index (χ4v) is 2.45. The Morgan fingerprint density at radius 1 is 1.47 bits per heavy atom. The summed E-state index contributed by atoms with van der Waals surface area (Å²) >= 11 is 0. The number of methoxy groups -OCH3 is 1. The number of carbonyl (C=O) groups excluding carboxylic acids is 1. The molecule has 0 unspecified atom stereocenters. The number of aryl methyl sites for hydroxylation is 1. The Kier molecular flexibility index (Phi) is 4.37. The van der Waals surface area contributed by atoms with Gasteiger partial charge in [-0.1, -0.05) is 0 Å². The molecule has 19 heavy (non-hydrogen) atoms. The maximum Gasteiger partial charge on any atom is 0.339 e. The van der Waals surface area contributed by atoms with Gasteiger partial charge in [-0.05, 0) is 44.4 Å². The number of ether oxygens (including phenoxy) is 1. The smallest absolute Gasteiger partial charge is 0.339 e. The standard InChI is InChI=1S/C14H21N3O2/c1-10-12(14(18)19-2)3-4-13(16-10)17-7-5-11(9-15)6-8-17/h3-4,11H,5-9,15H2,1-2H3. The summed E-state index contributed by atoms with van der Waals surface area (Å²) in [7, 11) is 1.38. The zero-order valence-electron chi connectivity index (χ0n) is 11.6. The third-order valence-corrected chi connectivity index (χ3v) is 3.75. The summed E-state index contributed by atoms with van der Waals surface area (Å²) in [6.07, 6.45) is 2.21. The second-order valence-electron chi connectivity index (χ2n) is 4.96. The average molecular weight is 263 g/mol. The van der Waals surface area contributed by atoms with Gasteiger partial charge < -0.3 is 15.4 Å². The summed E-state index contributed by atoms with van der Waals surface area (Å²) in [6.45, 7) is 4.56. The Bertz CT molecular complexity index is 454. The molecule has 1 saturated heterocycles. The fourth-order valence-electron chi connectivity index (χ4n) is 2.45. The van der Waals surface area contributed by atoms with Gasteiger partial charge >= 0.3 is 5.97 Å². The third kappa shape index (κ3) is 3.04. The van der Waals surface area contributed by atoms with Crippen LogP contribution in [-0.4, -0.2) is 37.7 Å². The number of nitrogens with two attached hydrogens (primary N) is 1. The number of hydrogen-bond donors (Lipinski definition) is 1. The van der Waals surface area contributed by atoms with Crippen molar-refractivity contribution in [3.63, 3.8) is 0 Å². The van der Waals surface area contributed by atoms with Gasteiger partial charge in [0.2, 0.25) is 0 Å². The van der Waals surface area contributed by atoms with Crippen LogP contribution in [0.4, 0.5) is 5.82 Å². The normalized spacial score (nSPS) is 16.5. The van der Waals surface area contributed by atoms with Crippen molar-refractivity contribution in [1.82, 2.24) is 4.98 Å². The van der Waals surface area contributed by atoms with Crippen LogP contribution in [0.3, 0.4) is 0 Å². The van der Waals surface area contributed by atoms with Crippen molar-refractivity contribution >= 4 is 11.8 Å². The van der Waals surface area contributed by atoms with Gasteiger partial charge in [-0.25, -0.2) is 9.78 Å². The highest BCUT2D eigenvalue weighted by atomic mass is 16.5. The topological polar surface area (TPSA) is 68.5 Å². The number of carbonyl (C=O) groups is 1. The highest BCUT2D eigenvalue weighted by Crippen LogP contribution is 2.22. The summed E-state index contributed by atoms with van der Waals surface area (Å²) in [6, 6.07) is 3.68. The second kappa shape index (κ2) is 6.02. The minimum absolute atomic E-state index is 0.335. The van der Waals surface area contributed by atoms with Crippen LogP contribution in [0.2, 0.25) is 0 Å². The van der Waals surface area contributed by atoms with Gasteiger partial charge in [0.05, 0.1) is 18.4 Å². The predicted molar refractivity (Wildman–Crippen MR) is 74.3 cm³/mol. The quantitative estimate of drug-likeness (QED) is 0.834. The van der Waals surface area contributed by atoms with Crippen LogP contribution >= 0.6 is 0 Å². The molecule has 2 N–H and O–H groups in total. The Morgan fingerprint density at radius 3 is 2.68 bits per heavy atom. The lowest BCUT2D eigenvalue weighted by molar-refractivity contribution is 0.0599. The summed E-state index contributed by atoms with van der Waals surface area (Å²) in [5.74, 6) is 1.23. The van der Waals surface area contributed by atoms with Crippen molar-refractivity contribution < 1.29 is 9.53 Å². The van der Waals surface area contributed by atoms with E-state index in [-0.39, 0.29) is 5.97 Å². The minimum atomic E-state index is -0.335. The van der Waals surface area contributed by atoms with E-state index >= 15 is 0 Å². The fraction of sp³-hybridized carbons (Fsp3) is 0.571. The first-order chi connectivity index (χ1) is 9.15. The molecule has 1 aromatic rings. The molecule has 0 spiro atoms. The molecule has 5 heteroatoms. The largest absolute Gasteiger partial charge is 0.465 e. The van der Waals surface area contributed by atoms with Crippen LogP contribution in [0.1, 0.15) is 28.9 Å². The SMILES string of the molecule is COC(=O)c1ccc(N2CCC(CN)CC2)nc1C. The lowest BCUT2D eigenvalue weighted by Crippen LogP contribution is -2.36. The minimum Gasteiger partial charge on any atom is -0.465 e. The van der Waals surface area contributed by atoms with Crippen LogP contribution in [0.25, 0.3) is 0 Å². The Hall–Kier alpha value is -1.62. The number of aromatic nitrogens is 1. The van der Waals surface area contributed by atoms with E-state index in [2.05, 4.69) is 9.88 Å². The van der Waals surface area contributed by atoms with E-state index < -0.39 is 0 Å². The van der Waals surface area contributed by atoms with Gasteiger partial charge in [0.25, 0.3) is 0 Å². The van der Waals surface area contributed by atoms with E-state index in [1.807, 2.05) is 13.0 Å². The van der Waals surface area contributed by atoms with Gasteiger partial charge in [0.15, 0.2) is 0 Å². The predicted octanol–water partition coefficient (Wildman–Crippen LogP) is 1.35. The maximum absolute atomic E-state index is 11.5. The molecule has 0 saturated carbocycles. The molecular weight excluding hydrogens is 242 g/mol. The van der Waals surface area contributed by atoms with Crippen LogP contribution in [-0.2, 0) is 4.74 Å². The van der Waals surface area contributed by atoms with Gasteiger partial charge in [0, 0.05) is 13.1 Å². The van der Waals surface area contributed by atoms with Crippen LogP contribution in [0, 0.1) is 12.8 Å². The maximum atomic E-state index is 11.5. The van der Waals surface area contributed by atoms with E-state index in [0.717, 1.165) is 38.3 Å². The number of esters is 1. The molecule has 0 amide bonds. The molecule has 0 radical (unpaired) electrons. The first kappa shape index (κ1) is 13.8. The number of hydrogen-bond acceptors (Lipinski definition) is 5. The second-order valence-corrected chi connectivity index (χ2v) is 4.96. The first-order valence-corrected chi connectivity index (χ1v) is 6.66. The van der Waals surface area contributed by atoms with Crippen molar-refractivity contribution in [3.05, 3.63) is 23.4 Å². The van der Waals surface area contributed by atoms with Crippen LogP contribution < -0.4 is 10.6 Å². The van der Waals surface area contributed by atoms with Crippen molar-refractivity contribution in [2.75, 3.05) is 31.6 Å². The molecule has 1 aliphatic heterocycles. The highest BCUT2D eigenvalue weighted by Gasteiger charge is 2.20. The molecule has 0 aromatic carbocycles. The van der Waals surface area contributed by atoms with Crippen molar-refractivity contribution in [3.8, 4) is 0 Å². The lowest BCUT2D eigenvalue weighted by atomic mass is 9.97. The van der Waals surface area contributed by atoms with Gasteiger partial charge in [-0.2, -0.15) is 0 Å².